The highest BCUT2D eigenvalue weighted by atomic mass is 15.0. The molecule has 1 heterocycles. The van der Waals surface area contributed by atoms with E-state index in [0.717, 1.165) is 28.0 Å². The Labute approximate surface area is 136 Å². The van der Waals surface area contributed by atoms with Crippen LogP contribution in [0.15, 0.2) is 42.5 Å². The number of nitrogens with one attached hydrogen (secondary N) is 1. The molecule has 3 N–H and O–H groups in total. The summed E-state index contributed by atoms with van der Waals surface area (Å²) in [6, 6.07) is 15.7. The van der Waals surface area contributed by atoms with Gasteiger partial charge in [0.2, 0.25) is 0 Å². The normalized spacial score (nSPS) is 13.0. The predicted octanol–water partition coefficient (Wildman–Crippen LogP) is 4.15. The average Bonchev–Trinajstić information content (AvgIpc) is 2.96. The summed E-state index contributed by atoms with van der Waals surface area (Å²) in [5, 5.41) is 8.88. The summed E-state index contributed by atoms with van der Waals surface area (Å²) in [7, 11) is 0. The minimum absolute atomic E-state index is 0.0518. The molecule has 3 rings (SSSR count). The fourth-order valence-electron chi connectivity index (χ4n) is 2.50. The molecule has 2 aromatic carbocycles. The summed E-state index contributed by atoms with van der Waals surface area (Å²) in [6.07, 6.45) is 0. The van der Waals surface area contributed by atoms with E-state index in [1.807, 2.05) is 42.5 Å². The predicted molar refractivity (Wildman–Crippen MR) is 92.6 cm³/mol. The highest BCUT2D eigenvalue weighted by Crippen LogP contribution is 2.31. The zero-order chi connectivity index (χ0) is 16.6. The van der Waals surface area contributed by atoms with Crippen LogP contribution in [-0.4, -0.2) is 9.97 Å². The highest BCUT2D eigenvalue weighted by Gasteiger charge is 2.25. The Balaban J connectivity index is 2.00. The standard InChI is InChI=1S/C19H20N4/c1-19(2,3)17(21)18-22-15-9-8-14(10-16(15)23-18)13-6-4-12(11-20)5-7-13/h4-10,17H,21H2,1-3H3,(H,22,23)/t17-/m0/s1. The summed E-state index contributed by atoms with van der Waals surface area (Å²) >= 11 is 0. The molecule has 0 aliphatic rings. The number of hydrogen-bond acceptors (Lipinski definition) is 3. The third-order valence-corrected chi connectivity index (χ3v) is 4.08. The number of rotatable bonds is 2. The summed E-state index contributed by atoms with van der Waals surface area (Å²) in [5.74, 6) is 0.810. The van der Waals surface area contributed by atoms with Crippen molar-refractivity contribution < 1.29 is 0 Å². The summed E-state index contributed by atoms with van der Waals surface area (Å²) in [4.78, 5) is 7.99. The van der Waals surface area contributed by atoms with Crippen molar-refractivity contribution in [1.82, 2.24) is 9.97 Å². The Morgan fingerprint density at radius 3 is 2.35 bits per heavy atom. The molecule has 116 valence electrons. The van der Waals surface area contributed by atoms with E-state index >= 15 is 0 Å². The van der Waals surface area contributed by atoms with Gasteiger partial charge in [0.05, 0.1) is 28.7 Å². The number of imidazole rings is 1. The smallest absolute Gasteiger partial charge is 0.124 e. The molecule has 4 heteroatoms. The van der Waals surface area contributed by atoms with Gasteiger partial charge in [-0.2, -0.15) is 5.26 Å². The Morgan fingerprint density at radius 2 is 1.74 bits per heavy atom. The quantitative estimate of drug-likeness (QED) is 0.746. The van der Waals surface area contributed by atoms with Crippen molar-refractivity contribution in [3.63, 3.8) is 0 Å². The van der Waals surface area contributed by atoms with Crippen molar-refractivity contribution >= 4 is 11.0 Å². The van der Waals surface area contributed by atoms with Gasteiger partial charge in [0.25, 0.3) is 0 Å². The molecule has 0 saturated heterocycles. The molecule has 0 radical (unpaired) electrons. The van der Waals surface area contributed by atoms with Crippen LogP contribution in [0.5, 0.6) is 0 Å². The molecule has 3 aromatic rings. The largest absolute Gasteiger partial charge is 0.341 e. The zero-order valence-corrected chi connectivity index (χ0v) is 13.6. The number of H-pyrrole nitrogens is 1. The third kappa shape index (κ3) is 2.96. The first-order chi connectivity index (χ1) is 10.9. The van der Waals surface area contributed by atoms with Gasteiger partial charge in [-0.05, 0) is 40.8 Å². The second kappa shape index (κ2) is 5.53. The van der Waals surface area contributed by atoms with Crippen molar-refractivity contribution in [3.05, 3.63) is 53.9 Å². The number of fused-ring (bicyclic) bond motifs is 1. The fraction of sp³-hybridized carbons (Fsp3) is 0.263. The molecule has 0 unspecified atom stereocenters. The van der Waals surface area contributed by atoms with E-state index in [4.69, 9.17) is 11.0 Å². The van der Waals surface area contributed by atoms with Crippen molar-refractivity contribution in [1.29, 1.82) is 5.26 Å². The monoisotopic (exact) mass is 304 g/mol. The molecule has 23 heavy (non-hydrogen) atoms. The topological polar surface area (TPSA) is 78.5 Å². The lowest BCUT2D eigenvalue weighted by Crippen LogP contribution is -2.27. The summed E-state index contributed by atoms with van der Waals surface area (Å²) in [5.41, 5.74) is 10.9. The maximum absolute atomic E-state index is 8.88. The number of aromatic nitrogens is 2. The SMILES string of the molecule is CC(C)(C)[C@@H](N)c1nc2cc(-c3ccc(C#N)cc3)ccc2[nH]1. The maximum Gasteiger partial charge on any atom is 0.124 e. The minimum atomic E-state index is -0.145. The molecule has 0 aliphatic heterocycles. The van der Waals surface area contributed by atoms with Crippen molar-refractivity contribution in [2.75, 3.05) is 0 Å². The second-order valence-electron chi connectivity index (χ2n) is 6.89. The van der Waals surface area contributed by atoms with Crippen LogP contribution in [-0.2, 0) is 0 Å². The van der Waals surface area contributed by atoms with Crippen LogP contribution in [0.4, 0.5) is 0 Å². The zero-order valence-electron chi connectivity index (χ0n) is 13.6. The number of nitrogens with two attached hydrogens (primary N) is 1. The van der Waals surface area contributed by atoms with Gasteiger partial charge in [0.1, 0.15) is 5.82 Å². The van der Waals surface area contributed by atoms with E-state index in [9.17, 15) is 0 Å². The minimum Gasteiger partial charge on any atom is -0.341 e. The van der Waals surface area contributed by atoms with Crippen LogP contribution in [0, 0.1) is 16.7 Å². The lowest BCUT2D eigenvalue weighted by molar-refractivity contribution is 0.317. The Hall–Kier alpha value is -2.64. The van der Waals surface area contributed by atoms with Gasteiger partial charge in [0, 0.05) is 0 Å². The third-order valence-electron chi connectivity index (χ3n) is 4.08. The molecule has 0 spiro atoms. The van der Waals surface area contributed by atoms with E-state index in [1.54, 1.807) is 0 Å². The van der Waals surface area contributed by atoms with E-state index in [-0.39, 0.29) is 11.5 Å². The van der Waals surface area contributed by atoms with Gasteiger partial charge in [-0.25, -0.2) is 4.98 Å². The number of aromatic amines is 1. The highest BCUT2D eigenvalue weighted by molar-refractivity contribution is 5.82. The molecule has 4 nitrogen and oxygen atoms in total. The van der Waals surface area contributed by atoms with Crippen LogP contribution in [0.1, 0.15) is 38.2 Å². The van der Waals surface area contributed by atoms with Crippen molar-refractivity contribution in [2.24, 2.45) is 11.1 Å². The van der Waals surface area contributed by atoms with Gasteiger partial charge in [-0.15, -0.1) is 0 Å². The number of nitrogens with zero attached hydrogens (tertiary/aromatic N) is 2. The molecule has 0 fully saturated rings. The number of nitriles is 1. The van der Waals surface area contributed by atoms with Crippen LogP contribution in [0.25, 0.3) is 22.2 Å². The van der Waals surface area contributed by atoms with Gasteiger partial charge < -0.3 is 10.7 Å². The molecular weight excluding hydrogens is 284 g/mol. The van der Waals surface area contributed by atoms with Crippen molar-refractivity contribution in [3.8, 4) is 17.2 Å². The average molecular weight is 304 g/mol. The fourth-order valence-corrected chi connectivity index (χ4v) is 2.50. The molecule has 0 bridgehead atoms. The van der Waals surface area contributed by atoms with Crippen LogP contribution < -0.4 is 5.73 Å². The van der Waals surface area contributed by atoms with E-state index in [1.165, 1.54) is 0 Å². The molecule has 0 aliphatic carbocycles. The van der Waals surface area contributed by atoms with Gasteiger partial charge in [-0.3, -0.25) is 0 Å². The Kier molecular flexibility index (Phi) is 3.67. The van der Waals surface area contributed by atoms with Crippen LogP contribution >= 0.6 is 0 Å². The first-order valence-electron chi connectivity index (χ1n) is 7.64. The van der Waals surface area contributed by atoms with E-state index in [2.05, 4.69) is 36.8 Å². The first-order valence-corrected chi connectivity index (χ1v) is 7.64. The second-order valence-corrected chi connectivity index (χ2v) is 6.89. The lowest BCUT2D eigenvalue weighted by atomic mass is 9.87. The van der Waals surface area contributed by atoms with E-state index in [0.29, 0.717) is 5.56 Å². The number of hydrogen-bond donors (Lipinski definition) is 2. The molecule has 0 saturated carbocycles. The van der Waals surface area contributed by atoms with Crippen LogP contribution in [0.2, 0.25) is 0 Å². The maximum atomic E-state index is 8.88. The summed E-state index contributed by atoms with van der Waals surface area (Å²) in [6.45, 7) is 6.31. The number of benzene rings is 2. The van der Waals surface area contributed by atoms with Crippen molar-refractivity contribution in [2.45, 2.75) is 26.8 Å². The van der Waals surface area contributed by atoms with Gasteiger partial charge in [0.15, 0.2) is 0 Å². The van der Waals surface area contributed by atoms with Gasteiger partial charge >= 0.3 is 0 Å². The lowest BCUT2D eigenvalue weighted by Gasteiger charge is -2.24. The Bertz CT molecular complexity index is 876. The van der Waals surface area contributed by atoms with Crippen LogP contribution in [0.3, 0.4) is 0 Å². The molecular formula is C19H20N4. The molecule has 0 amide bonds. The first kappa shape index (κ1) is 15.3. The Morgan fingerprint density at radius 1 is 1.09 bits per heavy atom. The molecule has 1 atom stereocenters. The van der Waals surface area contributed by atoms with E-state index < -0.39 is 0 Å². The van der Waals surface area contributed by atoms with Gasteiger partial charge in [-0.1, -0.05) is 39.0 Å². The molecule has 1 aromatic heterocycles. The summed E-state index contributed by atoms with van der Waals surface area (Å²) < 4.78 is 0.